The van der Waals surface area contributed by atoms with Gasteiger partial charge < -0.3 is 9.64 Å². The predicted molar refractivity (Wildman–Crippen MR) is 89.3 cm³/mol. The molecule has 2 atom stereocenters. The number of aromatic nitrogens is 1. The average Bonchev–Trinajstić information content (AvgIpc) is 3.28. The maximum absolute atomic E-state index is 12.9. The molecule has 0 unspecified atom stereocenters. The molecule has 1 amide bonds. The number of hydrogen-bond donors (Lipinski definition) is 1. The summed E-state index contributed by atoms with van der Waals surface area (Å²) in [4.78, 5) is 18.7. The molecular weight excluding hydrogens is 330 g/mol. The minimum Gasteiger partial charge on any atom is -0.477 e. The number of hydrogen-bond acceptors (Lipinski definition) is 5. The van der Waals surface area contributed by atoms with Crippen LogP contribution in [0.5, 0.6) is 5.88 Å². The molecule has 1 aromatic heterocycles. The van der Waals surface area contributed by atoms with Crippen molar-refractivity contribution in [2.24, 2.45) is 11.8 Å². The summed E-state index contributed by atoms with van der Waals surface area (Å²) >= 11 is 0. The lowest BCUT2D eigenvalue weighted by molar-refractivity contribution is 0.0779. The third kappa shape index (κ3) is 3.87. The standard InChI is InChI=1S/C16H23N3O4S/c1-3-23-15-12(5-4-8-17-15)16(20)19-9-13(11-6-7-11)14(10-19)18-24(2,21)22/h4-5,8,11,13-14,18H,3,6-7,9-10H2,1-2H3/t13-,14+/m1/s1. The molecule has 2 fully saturated rings. The highest BCUT2D eigenvalue weighted by Crippen LogP contribution is 2.42. The van der Waals surface area contributed by atoms with Gasteiger partial charge in [-0.3, -0.25) is 4.79 Å². The fraction of sp³-hybridized carbons (Fsp3) is 0.625. The van der Waals surface area contributed by atoms with Crippen molar-refractivity contribution in [2.75, 3.05) is 26.0 Å². The number of nitrogens with one attached hydrogen (secondary N) is 1. The zero-order valence-corrected chi connectivity index (χ0v) is 14.8. The quantitative estimate of drug-likeness (QED) is 0.820. The molecule has 2 heterocycles. The van der Waals surface area contributed by atoms with E-state index in [-0.39, 0.29) is 17.9 Å². The Morgan fingerprint density at radius 2 is 2.17 bits per heavy atom. The number of nitrogens with zero attached hydrogens (tertiary/aromatic N) is 2. The van der Waals surface area contributed by atoms with Gasteiger partial charge in [0.1, 0.15) is 5.56 Å². The Labute approximate surface area is 142 Å². The summed E-state index contributed by atoms with van der Waals surface area (Å²) in [7, 11) is -3.30. The molecule has 3 rings (SSSR count). The minimum atomic E-state index is -3.30. The number of likely N-dealkylation sites (tertiary alicyclic amines) is 1. The number of sulfonamides is 1. The smallest absolute Gasteiger partial charge is 0.259 e. The summed E-state index contributed by atoms with van der Waals surface area (Å²) in [6, 6.07) is 3.18. The Kier molecular flexibility index (Phi) is 4.78. The number of pyridine rings is 1. The van der Waals surface area contributed by atoms with Crippen LogP contribution < -0.4 is 9.46 Å². The molecule has 1 saturated heterocycles. The number of carbonyl (C=O) groups excluding carboxylic acids is 1. The second-order valence-corrected chi connectivity index (χ2v) is 8.28. The Morgan fingerprint density at radius 3 is 2.79 bits per heavy atom. The third-order valence-electron chi connectivity index (χ3n) is 4.53. The molecule has 1 N–H and O–H groups in total. The van der Waals surface area contributed by atoms with Crippen molar-refractivity contribution in [1.82, 2.24) is 14.6 Å². The van der Waals surface area contributed by atoms with E-state index in [0.717, 1.165) is 19.1 Å². The fourth-order valence-corrected chi connectivity index (χ4v) is 4.17. The predicted octanol–water partition coefficient (Wildman–Crippen LogP) is 0.880. The summed E-state index contributed by atoms with van der Waals surface area (Å²) in [5.41, 5.74) is 0.425. The molecule has 24 heavy (non-hydrogen) atoms. The van der Waals surface area contributed by atoms with Crippen molar-refractivity contribution in [1.29, 1.82) is 0 Å². The van der Waals surface area contributed by atoms with E-state index >= 15 is 0 Å². The first-order valence-corrected chi connectivity index (χ1v) is 10.1. The minimum absolute atomic E-state index is 0.157. The summed E-state index contributed by atoms with van der Waals surface area (Å²) in [6.07, 6.45) is 4.96. The van der Waals surface area contributed by atoms with Gasteiger partial charge in [0.2, 0.25) is 15.9 Å². The molecule has 8 heteroatoms. The summed E-state index contributed by atoms with van der Waals surface area (Å²) < 4.78 is 31.4. The van der Waals surface area contributed by atoms with Crippen LogP contribution >= 0.6 is 0 Å². The van der Waals surface area contributed by atoms with E-state index in [1.165, 1.54) is 0 Å². The van der Waals surface area contributed by atoms with Crippen LogP contribution in [0, 0.1) is 11.8 Å². The number of rotatable bonds is 6. The summed E-state index contributed by atoms with van der Waals surface area (Å²) in [6.45, 7) is 3.22. The van der Waals surface area contributed by atoms with Crippen molar-refractivity contribution in [3.05, 3.63) is 23.9 Å². The maximum Gasteiger partial charge on any atom is 0.259 e. The Morgan fingerprint density at radius 1 is 1.42 bits per heavy atom. The summed E-state index contributed by atoms with van der Waals surface area (Å²) in [5, 5.41) is 0. The molecular formula is C16H23N3O4S. The first kappa shape index (κ1) is 17.2. The van der Waals surface area contributed by atoms with Gasteiger partial charge in [0.05, 0.1) is 12.9 Å². The highest BCUT2D eigenvalue weighted by Gasteiger charge is 2.45. The highest BCUT2D eigenvalue weighted by molar-refractivity contribution is 7.88. The maximum atomic E-state index is 12.9. The van der Waals surface area contributed by atoms with E-state index in [1.54, 1.807) is 23.2 Å². The molecule has 1 aromatic rings. The van der Waals surface area contributed by atoms with Crippen LogP contribution in [0.3, 0.4) is 0 Å². The Bertz CT molecular complexity index is 718. The number of ether oxygens (including phenoxy) is 1. The number of carbonyl (C=O) groups is 1. The van der Waals surface area contributed by atoms with Crippen LogP contribution in [0.4, 0.5) is 0 Å². The lowest BCUT2D eigenvalue weighted by Gasteiger charge is -2.18. The van der Waals surface area contributed by atoms with Crippen LogP contribution in [0.25, 0.3) is 0 Å². The van der Waals surface area contributed by atoms with Crippen molar-refractivity contribution < 1.29 is 17.9 Å². The lowest BCUT2D eigenvalue weighted by atomic mass is 9.99. The molecule has 0 spiro atoms. The van der Waals surface area contributed by atoms with E-state index in [0.29, 0.717) is 37.1 Å². The van der Waals surface area contributed by atoms with Gasteiger partial charge in [-0.2, -0.15) is 0 Å². The zero-order chi connectivity index (χ0) is 17.3. The zero-order valence-electron chi connectivity index (χ0n) is 13.9. The third-order valence-corrected chi connectivity index (χ3v) is 5.26. The van der Waals surface area contributed by atoms with Gasteiger partial charge in [0.15, 0.2) is 0 Å². The first-order valence-electron chi connectivity index (χ1n) is 8.23. The monoisotopic (exact) mass is 353 g/mol. The van der Waals surface area contributed by atoms with Crippen LogP contribution in [-0.2, 0) is 10.0 Å². The normalized spacial score (nSPS) is 24.2. The molecule has 2 aliphatic rings. The van der Waals surface area contributed by atoms with E-state index in [2.05, 4.69) is 9.71 Å². The molecule has 1 saturated carbocycles. The molecule has 0 bridgehead atoms. The van der Waals surface area contributed by atoms with E-state index in [1.807, 2.05) is 6.92 Å². The van der Waals surface area contributed by atoms with Gasteiger partial charge >= 0.3 is 0 Å². The van der Waals surface area contributed by atoms with Crippen LogP contribution in [0.1, 0.15) is 30.1 Å². The molecule has 132 valence electrons. The Balaban J connectivity index is 1.78. The van der Waals surface area contributed by atoms with Gasteiger partial charge in [-0.1, -0.05) is 0 Å². The van der Waals surface area contributed by atoms with Gasteiger partial charge in [-0.15, -0.1) is 0 Å². The van der Waals surface area contributed by atoms with Gasteiger partial charge in [-0.25, -0.2) is 18.1 Å². The first-order chi connectivity index (χ1) is 11.4. The van der Waals surface area contributed by atoms with Crippen molar-refractivity contribution in [2.45, 2.75) is 25.8 Å². The van der Waals surface area contributed by atoms with Crippen LogP contribution in [-0.4, -0.2) is 56.2 Å². The fourth-order valence-electron chi connectivity index (χ4n) is 3.37. The molecule has 1 aliphatic carbocycles. The molecule has 0 aromatic carbocycles. The molecule has 7 nitrogen and oxygen atoms in total. The van der Waals surface area contributed by atoms with Crippen LogP contribution in [0.15, 0.2) is 18.3 Å². The van der Waals surface area contributed by atoms with Crippen molar-refractivity contribution in [3.8, 4) is 5.88 Å². The molecule has 1 aliphatic heterocycles. The second kappa shape index (κ2) is 6.68. The van der Waals surface area contributed by atoms with Gasteiger partial charge in [0.25, 0.3) is 5.91 Å². The van der Waals surface area contributed by atoms with Gasteiger partial charge in [0, 0.05) is 25.3 Å². The molecule has 0 radical (unpaired) electrons. The van der Waals surface area contributed by atoms with E-state index in [9.17, 15) is 13.2 Å². The van der Waals surface area contributed by atoms with E-state index < -0.39 is 10.0 Å². The van der Waals surface area contributed by atoms with E-state index in [4.69, 9.17) is 4.74 Å². The number of amides is 1. The largest absolute Gasteiger partial charge is 0.477 e. The lowest BCUT2D eigenvalue weighted by Crippen LogP contribution is -2.41. The summed E-state index contributed by atoms with van der Waals surface area (Å²) in [5.74, 6) is 0.848. The van der Waals surface area contributed by atoms with Crippen molar-refractivity contribution >= 4 is 15.9 Å². The second-order valence-electron chi connectivity index (χ2n) is 6.50. The average molecular weight is 353 g/mol. The SMILES string of the molecule is CCOc1ncccc1C(=O)N1C[C@H](NS(C)(=O)=O)[C@@H](C2CC2)C1. The van der Waals surface area contributed by atoms with Crippen molar-refractivity contribution in [3.63, 3.8) is 0 Å². The highest BCUT2D eigenvalue weighted by atomic mass is 32.2. The topological polar surface area (TPSA) is 88.6 Å². The van der Waals surface area contributed by atoms with Crippen LogP contribution in [0.2, 0.25) is 0 Å². The Hall–Kier alpha value is -1.67. The van der Waals surface area contributed by atoms with Gasteiger partial charge in [-0.05, 0) is 43.7 Å².